The highest BCUT2D eigenvalue weighted by Gasteiger charge is 2.43. The molecule has 0 aliphatic carbocycles. The number of urea groups is 1. The molecule has 21 heavy (non-hydrogen) atoms. The van der Waals surface area contributed by atoms with Crippen LogP contribution in [0.4, 0.5) is 4.79 Å². The first-order valence-electron chi connectivity index (χ1n) is 7.40. The number of rotatable bonds is 7. The molecule has 3 atom stereocenters. The highest BCUT2D eigenvalue weighted by Crippen LogP contribution is 2.32. The zero-order valence-corrected chi connectivity index (χ0v) is 14.1. The molecule has 1 rings (SSSR count). The number of ether oxygens (including phenoxy) is 1. The number of aliphatic carboxylic acids is 1. The zero-order chi connectivity index (χ0) is 16.0. The Bertz CT molecular complexity index is 367. The van der Waals surface area contributed by atoms with E-state index < -0.39 is 12.0 Å². The number of carboxylic acids is 1. The third-order valence-electron chi connectivity index (χ3n) is 3.85. The largest absolute Gasteiger partial charge is 0.480 e. The summed E-state index contributed by atoms with van der Waals surface area (Å²) in [5, 5.41) is 9.29. The van der Waals surface area contributed by atoms with Gasteiger partial charge in [-0.25, -0.2) is 9.59 Å². The Balaban J connectivity index is 2.94. The van der Waals surface area contributed by atoms with E-state index in [4.69, 9.17) is 4.74 Å². The van der Waals surface area contributed by atoms with Gasteiger partial charge in [-0.1, -0.05) is 13.8 Å². The number of carboxylic acid groups (broad SMARTS) is 1. The molecule has 0 aromatic heterocycles. The van der Waals surface area contributed by atoms with Crippen LogP contribution in [0.3, 0.4) is 0 Å². The monoisotopic (exact) mass is 318 g/mol. The fourth-order valence-electron chi connectivity index (χ4n) is 2.39. The highest BCUT2D eigenvalue weighted by molar-refractivity contribution is 8.00. The van der Waals surface area contributed by atoms with Crippen molar-refractivity contribution in [3.8, 4) is 0 Å². The van der Waals surface area contributed by atoms with Gasteiger partial charge < -0.3 is 14.7 Å². The van der Waals surface area contributed by atoms with E-state index in [0.717, 1.165) is 12.8 Å². The normalized spacial score (nSPS) is 23.1. The van der Waals surface area contributed by atoms with Crippen molar-refractivity contribution in [3.63, 3.8) is 0 Å². The van der Waals surface area contributed by atoms with Crippen molar-refractivity contribution in [1.29, 1.82) is 0 Å². The third kappa shape index (κ3) is 4.26. The van der Waals surface area contributed by atoms with Gasteiger partial charge in [0.05, 0.1) is 12.0 Å². The molecule has 1 heterocycles. The summed E-state index contributed by atoms with van der Waals surface area (Å²) in [6, 6.07) is -0.864. The molecule has 1 saturated heterocycles. The lowest BCUT2D eigenvalue weighted by Gasteiger charge is -2.36. The first kappa shape index (κ1) is 18.1. The van der Waals surface area contributed by atoms with Gasteiger partial charge in [0.2, 0.25) is 0 Å². The molecule has 1 aliphatic heterocycles. The molecule has 0 spiro atoms. The minimum atomic E-state index is -0.928. The summed E-state index contributed by atoms with van der Waals surface area (Å²) in [7, 11) is 1.60. The van der Waals surface area contributed by atoms with E-state index in [0.29, 0.717) is 18.9 Å². The summed E-state index contributed by atoms with van der Waals surface area (Å²) in [4.78, 5) is 27.5. The Labute approximate surface area is 130 Å². The second kappa shape index (κ2) is 8.48. The van der Waals surface area contributed by atoms with Gasteiger partial charge in [0.1, 0.15) is 6.04 Å². The van der Waals surface area contributed by atoms with E-state index in [1.807, 2.05) is 20.8 Å². The van der Waals surface area contributed by atoms with Gasteiger partial charge in [0.15, 0.2) is 0 Å². The summed E-state index contributed by atoms with van der Waals surface area (Å²) in [6.45, 7) is 6.90. The van der Waals surface area contributed by atoms with Crippen molar-refractivity contribution in [3.05, 3.63) is 0 Å². The second-order valence-corrected chi connectivity index (χ2v) is 6.39. The van der Waals surface area contributed by atoms with Gasteiger partial charge in [0.25, 0.3) is 0 Å². The van der Waals surface area contributed by atoms with Gasteiger partial charge >= 0.3 is 12.0 Å². The molecule has 122 valence electrons. The van der Waals surface area contributed by atoms with Gasteiger partial charge in [0, 0.05) is 25.4 Å². The maximum Gasteiger partial charge on any atom is 0.327 e. The fourth-order valence-corrected chi connectivity index (χ4v) is 3.73. The van der Waals surface area contributed by atoms with Crippen molar-refractivity contribution in [2.45, 2.75) is 51.1 Å². The van der Waals surface area contributed by atoms with Crippen LogP contribution in [0.2, 0.25) is 0 Å². The Hall–Kier alpha value is -0.950. The van der Waals surface area contributed by atoms with Crippen LogP contribution in [0.1, 0.15) is 33.6 Å². The third-order valence-corrected chi connectivity index (χ3v) is 5.31. The first-order valence-corrected chi connectivity index (χ1v) is 8.44. The number of hydrogen-bond acceptors (Lipinski definition) is 4. The molecule has 0 aromatic carbocycles. The molecule has 6 nitrogen and oxygen atoms in total. The van der Waals surface area contributed by atoms with E-state index in [1.54, 1.807) is 23.8 Å². The Morgan fingerprint density at radius 3 is 2.62 bits per heavy atom. The molecular formula is C14H26N2O4S. The van der Waals surface area contributed by atoms with Crippen LogP contribution in [0, 0.1) is 0 Å². The SMILES string of the molecule is CCC(C)N(CCOC)C(=O)N1C(CC)SCC1C(=O)O. The molecule has 7 heteroatoms. The van der Waals surface area contributed by atoms with Crippen LogP contribution in [0.5, 0.6) is 0 Å². The molecule has 0 aromatic rings. The fraction of sp³-hybridized carbons (Fsp3) is 0.857. The van der Waals surface area contributed by atoms with Crippen molar-refractivity contribution < 1.29 is 19.4 Å². The lowest BCUT2D eigenvalue weighted by atomic mass is 10.2. The molecule has 1 N–H and O–H groups in total. The minimum absolute atomic E-state index is 0.0604. The lowest BCUT2D eigenvalue weighted by molar-refractivity contribution is -0.141. The highest BCUT2D eigenvalue weighted by atomic mass is 32.2. The summed E-state index contributed by atoms with van der Waals surface area (Å²) in [5.41, 5.74) is 0. The Morgan fingerprint density at radius 1 is 1.48 bits per heavy atom. The van der Waals surface area contributed by atoms with Crippen LogP contribution in [-0.2, 0) is 9.53 Å². The zero-order valence-electron chi connectivity index (χ0n) is 13.2. The quantitative estimate of drug-likeness (QED) is 0.778. The number of nitrogens with zero attached hydrogens (tertiary/aromatic N) is 2. The summed E-state index contributed by atoms with van der Waals surface area (Å²) >= 11 is 1.54. The average molecular weight is 318 g/mol. The maximum atomic E-state index is 12.9. The van der Waals surface area contributed by atoms with Crippen molar-refractivity contribution in [2.75, 3.05) is 26.0 Å². The molecule has 3 unspecified atom stereocenters. The van der Waals surface area contributed by atoms with Crippen LogP contribution in [0.15, 0.2) is 0 Å². The van der Waals surface area contributed by atoms with E-state index in [-0.39, 0.29) is 17.4 Å². The van der Waals surface area contributed by atoms with Gasteiger partial charge in [-0.3, -0.25) is 4.90 Å². The predicted molar refractivity (Wildman–Crippen MR) is 83.5 cm³/mol. The molecule has 1 fully saturated rings. The lowest BCUT2D eigenvalue weighted by Crippen LogP contribution is -2.54. The second-order valence-electron chi connectivity index (χ2n) is 5.18. The molecule has 0 radical (unpaired) electrons. The number of hydrogen-bond donors (Lipinski definition) is 1. The Morgan fingerprint density at radius 2 is 2.14 bits per heavy atom. The van der Waals surface area contributed by atoms with Crippen molar-refractivity contribution >= 4 is 23.8 Å². The number of methoxy groups -OCH3 is 1. The number of thioether (sulfide) groups is 1. The first-order chi connectivity index (χ1) is 9.97. The summed E-state index contributed by atoms with van der Waals surface area (Å²) in [5.74, 6) is -0.472. The van der Waals surface area contributed by atoms with Crippen LogP contribution < -0.4 is 0 Å². The van der Waals surface area contributed by atoms with E-state index in [1.165, 1.54) is 4.90 Å². The van der Waals surface area contributed by atoms with E-state index in [9.17, 15) is 14.7 Å². The van der Waals surface area contributed by atoms with E-state index >= 15 is 0 Å². The van der Waals surface area contributed by atoms with Gasteiger partial charge in [-0.15, -0.1) is 11.8 Å². The molecule has 2 amide bonds. The number of carbonyl (C=O) groups excluding carboxylic acids is 1. The molecule has 1 aliphatic rings. The smallest absolute Gasteiger partial charge is 0.327 e. The van der Waals surface area contributed by atoms with Crippen LogP contribution in [-0.4, -0.2) is 70.4 Å². The number of carbonyl (C=O) groups is 2. The van der Waals surface area contributed by atoms with Gasteiger partial charge in [-0.2, -0.15) is 0 Å². The summed E-state index contributed by atoms with van der Waals surface area (Å²) < 4.78 is 5.07. The topological polar surface area (TPSA) is 70.1 Å². The maximum absolute atomic E-state index is 12.9. The average Bonchev–Trinajstić information content (AvgIpc) is 2.90. The molecule has 0 saturated carbocycles. The van der Waals surface area contributed by atoms with Crippen LogP contribution in [0.25, 0.3) is 0 Å². The standard InChI is InChI=1S/C14H26N2O4S/c1-5-10(3)15(7-8-20-4)14(19)16-11(13(17)18)9-21-12(16)6-2/h10-12H,5-9H2,1-4H3,(H,17,18). The Kier molecular flexibility index (Phi) is 7.31. The summed E-state index contributed by atoms with van der Waals surface area (Å²) in [6.07, 6.45) is 1.57. The van der Waals surface area contributed by atoms with Crippen LogP contribution >= 0.6 is 11.8 Å². The molecule has 0 bridgehead atoms. The predicted octanol–water partition coefficient (Wildman–Crippen LogP) is 2.09. The minimum Gasteiger partial charge on any atom is -0.480 e. The van der Waals surface area contributed by atoms with E-state index in [2.05, 4.69) is 0 Å². The number of amides is 2. The van der Waals surface area contributed by atoms with Crippen molar-refractivity contribution in [1.82, 2.24) is 9.80 Å². The van der Waals surface area contributed by atoms with Gasteiger partial charge in [-0.05, 0) is 19.8 Å². The molecular weight excluding hydrogens is 292 g/mol. The van der Waals surface area contributed by atoms with Crippen molar-refractivity contribution in [2.24, 2.45) is 0 Å².